The van der Waals surface area contributed by atoms with Crippen LogP contribution in [0.2, 0.25) is 0 Å². The number of amides is 1. The van der Waals surface area contributed by atoms with Crippen molar-refractivity contribution in [3.8, 4) is 0 Å². The molecular weight excluding hydrogens is 482 g/mol. The molecule has 9 heteroatoms. The third kappa shape index (κ3) is 5.68. The van der Waals surface area contributed by atoms with Gasteiger partial charge in [0.15, 0.2) is 5.69 Å². The number of rotatable bonds is 10. The average molecular weight is 514 g/mol. The third-order valence-corrected chi connectivity index (χ3v) is 6.74. The number of nitrogens with zero attached hydrogens (tertiary/aromatic N) is 3. The maximum absolute atomic E-state index is 13.1. The van der Waals surface area contributed by atoms with E-state index in [9.17, 15) is 9.59 Å². The maximum Gasteiger partial charge on any atom is 0.356 e. The summed E-state index contributed by atoms with van der Waals surface area (Å²) in [7, 11) is 1.35. The quantitative estimate of drug-likeness (QED) is 0.302. The van der Waals surface area contributed by atoms with Gasteiger partial charge in [0.05, 0.1) is 37.2 Å². The molecule has 1 aliphatic rings. The number of carbonyl (C=O) groups is 2. The Balaban J connectivity index is 1.50. The van der Waals surface area contributed by atoms with Crippen LogP contribution in [-0.4, -0.2) is 46.7 Å². The average Bonchev–Trinajstić information content (AvgIpc) is 3.60. The predicted octanol–water partition coefficient (Wildman–Crippen LogP) is 4.44. The molecule has 196 valence electrons. The number of esters is 1. The number of nitrogens with one attached hydrogen (secondary N) is 2. The van der Waals surface area contributed by atoms with Gasteiger partial charge >= 0.3 is 5.97 Å². The van der Waals surface area contributed by atoms with Gasteiger partial charge in [-0.2, -0.15) is 0 Å². The molecule has 9 nitrogen and oxygen atoms in total. The third-order valence-electron chi connectivity index (χ3n) is 6.74. The van der Waals surface area contributed by atoms with E-state index in [0.717, 1.165) is 24.1 Å². The Morgan fingerprint density at radius 3 is 2.71 bits per heavy atom. The molecule has 38 heavy (non-hydrogen) atoms. The van der Waals surface area contributed by atoms with Gasteiger partial charge in [-0.15, -0.1) is 0 Å². The van der Waals surface area contributed by atoms with Crippen molar-refractivity contribution in [2.24, 2.45) is 5.92 Å². The molecule has 1 fully saturated rings. The summed E-state index contributed by atoms with van der Waals surface area (Å²) in [5.74, 6) is -0.966. The summed E-state index contributed by atoms with van der Waals surface area (Å²) in [6.45, 7) is 2.01. The first kappa shape index (κ1) is 25.4. The molecule has 1 atom stereocenters. The standard InChI is InChI=1S/C29H31N5O4/c1-37-29(36)26-25(33-28(35)22-11-14-38-19-22)24-15-23(31-17-21-9-5-12-30-16-21)18-32-27(24)34(26)13-6-10-20-7-3-2-4-8-20/h2-5,7-9,12,15-16,18,22,31H,6,10-11,13-14,17,19H2,1H3,(H,33,35)/t22-/m0/s1. The molecule has 3 aromatic heterocycles. The van der Waals surface area contributed by atoms with Gasteiger partial charge in [0.1, 0.15) is 5.65 Å². The molecule has 0 radical (unpaired) electrons. The fourth-order valence-corrected chi connectivity index (χ4v) is 4.73. The normalized spacial score (nSPS) is 14.9. The lowest BCUT2D eigenvalue weighted by molar-refractivity contribution is -0.119. The van der Waals surface area contributed by atoms with Crippen molar-refractivity contribution >= 4 is 34.3 Å². The zero-order chi connectivity index (χ0) is 26.3. The SMILES string of the molecule is COC(=O)c1c(NC(=O)[C@H]2CCOC2)c2cc(NCc3cccnc3)cnc2n1CCCc1ccccc1. The molecule has 0 unspecified atom stereocenters. The summed E-state index contributed by atoms with van der Waals surface area (Å²) in [6, 6.07) is 16.0. The number of ether oxygens (including phenoxy) is 2. The molecule has 0 saturated carbocycles. The molecular formula is C29H31N5O4. The van der Waals surface area contributed by atoms with Crippen LogP contribution in [0, 0.1) is 5.92 Å². The van der Waals surface area contributed by atoms with Gasteiger partial charge < -0.3 is 24.7 Å². The molecule has 1 aromatic carbocycles. The van der Waals surface area contributed by atoms with Crippen molar-refractivity contribution in [2.45, 2.75) is 32.4 Å². The minimum Gasteiger partial charge on any atom is -0.464 e. The summed E-state index contributed by atoms with van der Waals surface area (Å²) >= 11 is 0. The molecule has 0 bridgehead atoms. The van der Waals surface area contributed by atoms with Crippen molar-refractivity contribution in [1.82, 2.24) is 14.5 Å². The predicted molar refractivity (Wildman–Crippen MR) is 145 cm³/mol. The van der Waals surface area contributed by atoms with Gasteiger partial charge in [-0.1, -0.05) is 36.4 Å². The van der Waals surface area contributed by atoms with Crippen molar-refractivity contribution in [1.29, 1.82) is 0 Å². The van der Waals surface area contributed by atoms with Crippen molar-refractivity contribution in [3.05, 3.63) is 83.9 Å². The Morgan fingerprint density at radius 2 is 1.97 bits per heavy atom. The van der Waals surface area contributed by atoms with Crippen LogP contribution in [0.4, 0.5) is 11.4 Å². The molecule has 4 heterocycles. The zero-order valence-electron chi connectivity index (χ0n) is 21.4. The summed E-state index contributed by atoms with van der Waals surface area (Å²) in [6.07, 6.45) is 7.54. The van der Waals surface area contributed by atoms with E-state index in [0.29, 0.717) is 55.1 Å². The van der Waals surface area contributed by atoms with Crippen LogP contribution in [0.5, 0.6) is 0 Å². The molecule has 0 spiro atoms. The molecule has 0 aliphatic carbocycles. The number of fused-ring (bicyclic) bond motifs is 1. The van der Waals surface area contributed by atoms with Crippen LogP contribution in [-0.2, 0) is 33.8 Å². The highest BCUT2D eigenvalue weighted by molar-refractivity contribution is 6.11. The van der Waals surface area contributed by atoms with Crippen LogP contribution in [0.3, 0.4) is 0 Å². The van der Waals surface area contributed by atoms with Crippen LogP contribution in [0.15, 0.2) is 67.1 Å². The first-order valence-corrected chi connectivity index (χ1v) is 12.8. The lowest BCUT2D eigenvalue weighted by Crippen LogP contribution is -2.24. The minimum absolute atomic E-state index is 0.176. The Bertz CT molecular complexity index is 1400. The zero-order valence-corrected chi connectivity index (χ0v) is 21.4. The van der Waals surface area contributed by atoms with Gasteiger partial charge in [-0.05, 0) is 42.5 Å². The number of aromatic nitrogens is 3. The minimum atomic E-state index is -0.523. The molecule has 4 aromatic rings. The van der Waals surface area contributed by atoms with Crippen molar-refractivity contribution in [3.63, 3.8) is 0 Å². The van der Waals surface area contributed by atoms with E-state index in [2.05, 4.69) is 27.8 Å². The van der Waals surface area contributed by atoms with Crippen LogP contribution in [0.1, 0.15) is 34.5 Å². The fourth-order valence-electron chi connectivity index (χ4n) is 4.73. The van der Waals surface area contributed by atoms with E-state index in [-0.39, 0.29) is 11.8 Å². The Kier molecular flexibility index (Phi) is 7.94. The van der Waals surface area contributed by atoms with Crippen molar-refractivity contribution < 1.29 is 19.1 Å². The number of hydrogen-bond donors (Lipinski definition) is 2. The van der Waals surface area contributed by atoms with Gasteiger partial charge in [0, 0.05) is 37.5 Å². The lowest BCUT2D eigenvalue weighted by atomic mass is 10.1. The monoisotopic (exact) mass is 513 g/mol. The van der Waals surface area contributed by atoms with Crippen LogP contribution in [0.25, 0.3) is 11.0 Å². The molecule has 2 N–H and O–H groups in total. The number of methoxy groups -OCH3 is 1. The fraction of sp³-hybridized carbons (Fsp3) is 0.310. The van der Waals surface area contributed by atoms with E-state index in [4.69, 9.17) is 14.5 Å². The Hall–Kier alpha value is -4.24. The molecule has 1 saturated heterocycles. The van der Waals surface area contributed by atoms with E-state index < -0.39 is 5.97 Å². The first-order valence-electron chi connectivity index (χ1n) is 12.8. The van der Waals surface area contributed by atoms with E-state index in [1.165, 1.54) is 12.7 Å². The highest BCUT2D eigenvalue weighted by Crippen LogP contribution is 2.34. The second-order valence-electron chi connectivity index (χ2n) is 9.32. The van der Waals surface area contributed by atoms with E-state index >= 15 is 0 Å². The second kappa shape index (κ2) is 11.9. The van der Waals surface area contributed by atoms with Crippen molar-refractivity contribution in [2.75, 3.05) is 31.0 Å². The Labute approximate surface area is 221 Å². The van der Waals surface area contributed by atoms with Crippen LogP contribution >= 0.6 is 0 Å². The summed E-state index contributed by atoms with van der Waals surface area (Å²) in [5.41, 5.74) is 4.33. The Morgan fingerprint density at radius 1 is 1.13 bits per heavy atom. The van der Waals surface area contributed by atoms with Gasteiger partial charge in [0.25, 0.3) is 0 Å². The number of hydrogen-bond acceptors (Lipinski definition) is 7. The number of anilines is 2. The van der Waals surface area contributed by atoms with E-state index in [1.807, 2.05) is 41.0 Å². The summed E-state index contributed by atoms with van der Waals surface area (Å²) < 4.78 is 12.4. The second-order valence-corrected chi connectivity index (χ2v) is 9.32. The maximum atomic E-state index is 13.1. The van der Waals surface area contributed by atoms with Gasteiger partial charge in [-0.3, -0.25) is 9.78 Å². The molecule has 5 rings (SSSR count). The van der Waals surface area contributed by atoms with Gasteiger partial charge in [-0.25, -0.2) is 9.78 Å². The topological polar surface area (TPSA) is 107 Å². The smallest absolute Gasteiger partial charge is 0.356 e. The lowest BCUT2D eigenvalue weighted by Gasteiger charge is -2.12. The van der Waals surface area contributed by atoms with Gasteiger partial charge in [0.2, 0.25) is 5.91 Å². The molecule has 1 amide bonds. The number of benzene rings is 1. The summed E-state index contributed by atoms with van der Waals surface area (Å²) in [5, 5.41) is 7.06. The first-order chi connectivity index (χ1) is 18.6. The summed E-state index contributed by atoms with van der Waals surface area (Å²) in [4.78, 5) is 35.1. The largest absolute Gasteiger partial charge is 0.464 e. The van der Waals surface area contributed by atoms with Crippen LogP contribution < -0.4 is 10.6 Å². The highest BCUT2D eigenvalue weighted by atomic mass is 16.5. The number of carbonyl (C=O) groups excluding carboxylic acids is 2. The number of pyridine rings is 2. The number of aryl methyl sites for hydroxylation is 2. The highest BCUT2D eigenvalue weighted by Gasteiger charge is 2.29. The van der Waals surface area contributed by atoms with E-state index in [1.54, 1.807) is 18.6 Å². The molecule has 1 aliphatic heterocycles.